The maximum Gasteiger partial charge on any atom is 0.404 e. The van der Waals surface area contributed by atoms with E-state index in [1.165, 1.54) is 32.2 Å². The van der Waals surface area contributed by atoms with Crippen molar-refractivity contribution in [3.8, 4) is 39.8 Å². The Morgan fingerprint density at radius 2 is 1.36 bits per heavy atom. The Hall–Kier alpha value is -7.14. The lowest BCUT2D eigenvalue weighted by molar-refractivity contribution is 0.195. The summed E-state index contributed by atoms with van der Waals surface area (Å²) in [7, 11) is -5.07. The number of anilines is 1. The smallest absolute Gasteiger partial charge is 0.404 e. The third kappa shape index (κ3) is 10.0. The number of nitrogens with zero attached hydrogens (tertiary/aromatic N) is 6. The Bertz CT molecular complexity index is 2980. The Kier molecular flexibility index (Phi) is 13.4. The molecule has 2 heterocycles. The number of sulfonamides is 1. The number of primary amides is 1. The highest BCUT2D eigenvalue weighted by Gasteiger charge is 2.38. The molecule has 5 aromatic carbocycles. The molecule has 0 radical (unpaired) electrons. The molecule has 0 saturated carbocycles. The fraction of sp³-hybridized carbons (Fsp3) is 0.190. The Labute approximate surface area is 371 Å². The number of hydrogen-bond donors (Lipinski definition) is 4. The number of urea groups is 1. The number of nitrogens with two attached hydrogens (primary N) is 1. The minimum Gasteiger partial charge on any atom is -0.497 e. The van der Waals surface area contributed by atoms with Gasteiger partial charge in [0.15, 0.2) is 15.0 Å². The number of benzene rings is 5. The number of amides is 3. The van der Waals surface area contributed by atoms with Crippen LogP contribution in [0, 0.1) is 0 Å². The maximum absolute atomic E-state index is 15.9. The van der Waals surface area contributed by atoms with Crippen molar-refractivity contribution in [2.75, 3.05) is 38.9 Å². The summed E-state index contributed by atoms with van der Waals surface area (Å²) in [6, 6.07) is 27.3. The summed E-state index contributed by atoms with van der Waals surface area (Å²) in [5.41, 5.74) is 7.81. The van der Waals surface area contributed by atoms with E-state index in [9.17, 15) is 23.1 Å². The minimum absolute atomic E-state index is 0.0815. The van der Waals surface area contributed by atoms with Crippen LogP contribution in [0.5, 0.6) is 17.2 Å². The zero-order valence-corrected chi connectivity index (χ0v) is 36.9. The van der Waals surface area contributed by atoms with Crippen LogP contribution in [0.2, 0.25) is 0 Å². The molecule has 64 heavy (non-hydrogen) atoms. The monoisotopic (exact) mass is 927 g/mol. The van der Waals surface area contributed by atoms with E-state index < -0.39 is 54.1 Å². The number of para-hydroxylation sites is 1. The second kappa shape index (κ2) is 19.1. The molecule has 0 aliphatic rings. The first kappa shape index (κ1) is 44.9. The molecule has 19 nitrogen and oxygen atoms in total. The highest BCUT2D eigenvalue weighted by Crippen LogP contribution is 2.44. The molecular formula is C42H41N9O10S3. The molecule has 332 valence electrons. The first-order valence-electron chi connectivity index (χ1n) is 19.2. The molecule has 5 N–H and O–H groups in total. The molecule has 2 aromatic heterocycles. The van der Waals surface area contributed by atoms with E-state index in [0.29, 0.717) is 44.2 Å². The fourth-order valence-electron chi connectivity index (χ4n) is 6.77. The van der Waals surface area contributed by atoms with Gasteiger partial charge in [-0.2, -0.15) is 9.10 Å². The molecule has 0 fully saturated rings. The predicted molar refractivity (Wildman–Crippen MR) is 238 cm³/mol. The van der Waals surface area contributed by atoms with Gasteiger partial charge in [-0.3, -0.25) is 5.32 Å². The van der Waals surface area contributed by atoms with E-state index in [2.05, 4.69) is 31.0 Å². The summed E-state index contributed by atoms with van der Waals surface area (Å²) in [5.74, 6) is 0.617. The second-order valence-corrected chi connectivity index (χ2v) is 19.0. The lowest BCUT2D eigenvalue weighted by atomic mass is 9.98. The molecule has 0 atom stereocenters. The van der Waals surface area contributed by atoms with Crippen LogP contribution in [0.25, 0.3) is 32.7 Å². The van der Waals surface area contributed by atoms with Gasteiger partial charge in [0.25, 0.3) is 0 Å². The third-order valence-corrected chi connectivity index (χ3v) is 14.5. The van der Waals surface area contributed by atoms with Crippen molar-refractivity contribution in [2.24, 2.45) is 5.73 Å². The van der Waals surface area contributed by atoms with E-state index in [4.69, 9.17) is 19.9 Å². The second-order valence-electron chi connectivity index (χ2n) is 14.0. The number of rotatable bonds is 18. The molecule has 0 aliphatic heterocycles. The molecule has 7 rings (SSSR count). The van der Waals surface area contributed by atoms with Crippen LogP contribution in [0.1, 0.15) is 16.7 Å². The van der Waals surface area contributed by atoms with Crippen molar-refractivity contribution < 1.29 is 45.7 Å². The Morgan fingerprint density at radius 3 is 1.91 bits per heavy atom. The molecule has 0 spiro atoms. The molecule has 22 heteroatoms. The summed E-state index contributed by atoms with van der Waals surface area (Å²) in [6.45, 7) is -0.967. The third-order valence-electron chi connectivity index (χ3n) is 9.84. The van der Waals surface area contributed by atoms with Gasteiger partial charge < -0.3 is 30.4 Å². The van der Waals surface area contributed by atoms with Gasteiger partial charge in [0, 0.05) is 25.2 Å². The minimum atomic E-state index is -4.98. The summed E-state index contributed by atoms with van der Waals surface area (Å²) in [6.07, 6.45) is -1.47. The fourth-order valence-corrected chi connectivity index (χ4v) is 11.3. The molecule has 7 aromatic rings. The van der Waals surface area contributed by atoms with Gasteiger partial charge in [-0.05, 0) is 76.0 Å². The zero-order valence-electron chi connectivity index (χ0n) is 34.5. The number of sulfone groups is 1. The summed E-state index contributed by atoms with van der Waals surface area (Å²) in [4.78, 5) is 27.8. The number of nitrogens with one attached hydrogen (secondary N) is 2. The molecule has 3 amide bonds. The van der Waals surface area contributed by atoms with E-state index in [-0.39, 0.29) is 41.7 Å². The lowest BCUT2D eigenvalue weighted by Gasteiger charge is -2.26. The molecule has 0 aliphatic carbocycles. The number of thiazole rings is 1. The van der Waals surface area contributed by atoms with Crippen LogP contribution in [-0.2, 0) is 39.5 Å². The predicted octanol–water partition coefficient (Wildman–Crippen LogP) is 5.61. The van der Waals surface area contributed by atoms with Crippen LogP contribution in [0.4, 0.5) is 14.7 Å². The number of fused-ring (bicyclic) bond motifs is 1. The van der Waals surface area contributed by atoms with Gasteiger partial charge in [-0.15, -0.1) is 10.2 Å². The summed E-state index contributed by atoms with van der Waals surface area (Å²) in [5, 5.41) is 27.3. The molecule has 0 saturated heterocycles. The average molecular weight is 928 g/mol. The van der Waals surface area contributed by atoms with Crippen molar-refractivity contribution in [3.63, 3.8) is 0 Å². The van der Waals surface area contributed by atoms with Crippen LogP contribution >= 0.6 is 11.3 Å². The normalized spacial score (nSPS) is 11.7. The highest BCUT2D eigenvalue weighted by molar-refractivity contribution is 7.93. The number of tetrazole rings is 1. The van der Waals surface area contributed by atoms with Crippen LogP contribution in [-0.4, -0.2) is 97.2 Å². The van der Waals surface area contributed by atoms with E-state index in [0.717, 1.165) is 27.3 Å². The number of hydrogen-bond acceptors (Lipinski definition) is 14. The van der Waals surface area contributed by atoms with Crippen LogP contribution in [0.15, 0.2) is 113 Å². The number of carbonyl (C=O) groups excluding carboxylic acids is 1. The van der Waals surface area contributed by atoms with Crippen molar-refractivity contribution in [3.05, 3.63) is 120 Å². The van der Waals surface area contributed by atoms with E-state index >= 15 is 8.42 Å². The Morgan fingerprint density at radius 1 is 0.781 bits per heavy atom. The summed E-state index contributed by atoms with van der Waals surface area (Å²) < 4.78 is 78.5. The topological polar surface area (TPSA) is 260 Å². The van der Waals surface area contributed by atoms with Crippen molar-refractivity contribution in [1.29, 1.82) is 0 Å². The standard InChI is InChI=1S/C42H41N9O10S3/c1-59-29-13-7-26(8-14-29)23-50(24-27-9-15-30(60-2)16-10-27)64(57,58)38-35(63(55,56)22-21-44-42(53)54)20-19-32(33-5-4-6-34-37(33)45-41(62-34)46-40(43)52)36(38)39-47-49-51(48-39)25-28-11-17-31(61-3)18-12-28/h4-20,44H,21-25H2,1-3H3,(H,53,54)(H3,43,45,46,52). The van der Waals surface area contributed by atoms with Crippen LogP contribution < -0.4 is 30.6 Å². The molecular weight excluding hydrogens is 887 g/mol. The quantitative estimate of drug-likeness (QED) is 0.0815. The molecule has 0 unspecified atom stereocenters. The number of methoxy groups -OCH3 is 3. The van der Waals surface area contributed by atoms with Gasteiger partial charge in [-0.25, -0.2) is 31.4 Å². The van der Waals surface area contributed by atoms with Gasteiger partial charge >= 0.3 is 12.1 Å². The van der Waals surface area contributed by atoms with Crippen molar-refractivity contribution >= 4 is 58.7 Å². The number of ether oxygens (including phenoxy) is 3. The van der Waals surface area contributed by atoms with Crippen molar-refractivity contribution in [1.82, 2.24) is 34.8 Å². The maximum atomic E-state index is 15.9. The van der Waals surface area contributed by atoms with E-state index in [1.54, 1.807) is 91.0 Å². The van der Waals surface area contributed by atoms with E-state index in [1.807, 2.05) is 0 Å². The van der Waals surface area contributed by atoms with Gasteiger partial charge in [0.2, 0.25) is 15.8 Å². The van der Waals surface area contributed by atoms with Crippen molar-refractivity contribution in [2.45, 2.75) is 29.4 Å². The zero-order chi connectivity index (χ0) is 45.6. The number of aromatic nitrogens is 5. The van der Waals surface area contributed by atoms with Gasteiger partial charge in [0.05, 0.1) is 54.3 Å². The summed E-state index contributed by atoms with van der Waals surface area (Å²) >= 11 is 1.11. The van der Waals surface area contributed by atoms with Crippen LogP contribution in [0.3, 0.4) is 0 Å². The lowest BCUT2D eigenvalue weighted by Crippen LogP contribution is -2.33. The van der Waals surface area contributed by atoms with Gasteiger partial charge in [-0.1, -0.05) is 65.9 Å². The average Bonchev–Trinajstić information content (AvgIpc) is 3.92. The largest absolute Gasteiger partial charge is 0.497 e. The molecule has 0 bridgehead atoms. The van der Waals surface area contributed by atoms with Gasteiger partial charge in [0.1, 0.15) is 22.1 Å². The Balaban J connectivity index is 1.51. The number of carbonyl (C=O) groups is 2. The first-order valence-corrected chi connectivity index (χ1v) is 23.1. The SMILES string of the molecule is COc1ccc(CN(Cc2ccc(OC)cc2)S(=O)(=O)c2c(S(=O)(=O)CCNC(=O)O)ccc(-c3cccc4sc(NC(N)=O)nc34)c2-c2nnn(Cc3ccc(OC)cc3)n2)cc1. The number of carboxylic acid groups (broad SMARTS) is 1. The highest BCUT2D eigenvalue weighted by atomic mass is 32.2. The first-order chi connectivity index (χ1) is 30.7.